The Hall–Kier alpha value is -3.08. The molecule has 0 spiro atoms. The highest BCUT2D eigenvalue weighted by atomic mass is 16.5. The monoisotopic (exact) mass is 389 g/mol. The molecule has 5 rings (SSSR count). The van der Waals surface area contributed by atoms with E-state index < -0.39 is 11.6 Å². The normalized spacial score (nSPS) is 15.3. The summed E-state index contributed by atoms with van der Waals surface area (Å²) in [5.41, 5.74) is 5.52. The Morgan fingerprint density at radius 3 is 2.48 bits per heavy atom. The van der Waals surface area contributed by atoms with Crippen molar-refractivity contribution in [1.29, 1.82) is 0 Å². The van der Waals surface area contributed by atoms with Crippen LogP contribution in [-0.4, -0.2) is 19.1 Å². The summed E-state index contributed by atoms with van der Waals surface area (Å²) in [4.78, 5) is 27.8. The lowest BCUT2D eigenvalue weighted by molar-refractivity contribution is 0.0730. The van der Waals surface area contributed by atoms with Crippen LogP contribution in [0.4, 0.5) is 5.69 Å². The number of carbonyl (C=O) groups excluding carboxylic acids is 1. The van der Waals surface area contributed by atoms with E-state index >= 15 is 0 Å². The summed E-state index contributed by atoms with van der Waals surface area (Å²) in [6.07, 6.45) is 4.07. The summed E-state index contributed by atoms with van der Waals surface area (Å²) < 4.78 is 11.2. The molecule has 1 aromatic heterocycles. The number of hydrogen-bond acceptors (Lipinski definition) is 5. The molecule has 0 fully saturated rings. The van der Waals surface area contributed by atoms with E-state index in [1.165, 1.54) is 11.3 Å². The van der Waals surface area contributed by atoms with Crippen LogP contribution in [0.25, 0.3) is 11.0 Å². The van der Waals surface area contributed by atoms with Gasteiger partial charge in [-0.25, -0.2) is 9.59 Å². The summed E-state index contributed by atoms with van der Waals surface area (Å²) >= 11 is 0. The molecule has 2 aliphatic rings. The first-order chi connectivity index (χ1) is 14.0. The maximum atomic E-state index is 12.7. The third-order valence-corrected chi connectivity index (χ3v) is 5.84. The molecular formula is C24H23NO4. The van der Waals surface area contributed by atoms with Crippen LogP contribution in [0.2, 0.25) is 0 Å². The molecule has 0 atom stereocenters. The molecule has 0 saturated carbocycles. The molecule has 2 aromatic carbocycles. The first-order valence-corrected chi connectivity index (χ1v) is 10.2. The van der Waals surface area contributed by atoms with Crippen molar-refractivity contribution in [2.45, 2.75) is 39.5 Å². The minimum Gasteiger partial charge on any atom is -0.423 e. The Kier molecular flexibility index (Phi) is 4.19. The number of hydrogen-bond donors (Lipinski definition) is 0. The molecular weight excluding hydrogens is 366 g/mol. The molecule has 0 saturated heterocycles. The Labute approximate surface area is 168 Å². The van der Waals surface area contributed by atoms with Crippen molar-refractivity contribution in [2.24, 2.45) is 0 Å². The predicted octanol–water partition coefficient (Wildman–Crippen LogP) is 4.33. The molecule has 0 N–H and O–H groups in total. The van der Waals surface area contributed by atoms with E-state index in [2.05, 4.69) is 11.0 Å². The number of anilines is 1. The largest absolute Gasteiger partial charge is 0.423 e. The van der Waals surface area contributed by atoms with Crippen LogP contribution < -0.4 is 15.3 Å². The quantitative estimate of drug-likeness (QED) is 0.371. The van der Waals surface area contributed by atoms with Crippen molar-refractivity contribution in [3.8, 4) is 5.75 Å². The Morgan fingerprint density at radius 2 is 1.72 bits per heavy atom. The number of nitrogens with zero attached hydrogens (tertiary/aromatic N) is 1. The second kappa shape index (κ2) is 6.76. The van der Waals surface area contributed by atoms with Crippen molar-refractivity contribution >= 4 is 22.6 Å². The number of benzene rings is 2. The van der Waals surface area contributed by atoms with Gasteiger partial charge in [0.2, 0.25) is 0 Å². The van der Waals surface area contributed by atoms with Gasteiger partial charge in [0.05, 0.1) is 0 Å². The summed E-state index contributed by atoms with van der Waals surface area (Å²) in [6, 6.07) is 9.27. The molecule has 29 heavy (non-hydrogen) atoms. The molecule has 0 aliphatic carbocycles. The molecule has 0 bridgehead atoms. The summed E-state index contributed by atoms with van der Waals surface area (Å²) in [7, 11) is 0. The van der Waals surface area contributed by atoms with Crippen molar-refractivity contribution in [3.05, 3.63) is 68.6 Å². The van der Waals surface area contributed by atoms with Gasteiger partial charge in [0.25, 0.3) is 0 Å². The lowest BCUT2D eigenvalue weighted by Gasteiger charge is -2.37. The molecule has 5 heteroatoms. The topological polar surface area (TPSA) is 59.8 Å². The van der Waals surface area contributed by atoms with Gasteiger partial charge in [0, 0.05) is 29.7 Å². The van der Waals surface area contributed by atoms with Crippen molar-refractivity contribution in [1.82, 2.24) is 0 Å². The molecule has 3 aromatic rings. The van der Waals surface area contributed by atoms with Gasteiger partial charge in [-0.15, -0.1) is 0 Å². The highest BCUT2D eigenvalue weighted by molar-refractivity contribution is 5.96. The second-order valence-corrected chi connectivity index (χ2v) is 8.14. The van der Waals surface area contributed by atoms with E-state index in [-0.39, 0.29) is 5.56 Å². The maximum Gasteiger partial charge on any atom is 0.351 e. The van der Waals surface area contributed by atoms with Gasteiger partial charge in [0.15, 0.2) is 0 Å². The fraction of sp³-hybridized carbons (Fsp3) is 0.333. The lowest BCUT2D eigenvalue weighted by Crippen LogP contribution is -2.34. The zero-order valence-electron chi connectivity index (χ0n) is 16.7. The number of rotatable bonds is 2. The molecule has 2 aliphatic heterocycles. The van der Waals surface area contributed by atoms with E-state index in [1.54, 1.807) is 18.2 Å². The Morgan fingerprint density at radius 1 is 1.00 bits per heavy atom. The average molecular weight is 389 g/mol. The number of fused-ring (bicyclic) bond motifs is 2. The minimum absolute atomic E-state index is 0.0627. The highest BCUT2D eigenvalue weighted by Gasteiger charge is 2.28. The number of carbonyl (C=O) groups is 1. The molecule has 148 valence electrons. The summed E-state index contributed by atoms with van der Waals surface area (Å²) in [6.45, 7) is 5.98. The van der Waals surface area contributed by atoms with E-state index in [0.717, 1.165) is 60.8 Å². The predicted molar refractivity (Wildman–Crippen MR) is 112 cm³/mol. The van der Waals surface area contributed by atoms with Crippen LogP contribution in [0.15, 0.2) is 39.5 Å². The second-order valence-electron chi connectivity index (χ2n) is 8.14. The summed E-state index contributed by atoms with van der Waals surface area (Å²) in [5, 5.41) is 0.800. The fourth-order valence-corrected chi connectivity index (χ4v) is 4.74. The molecule has 5 nitrogen and oxygen atoms in total. The number of ether oxygens (including phenoxy) is 1. The third kappa shape index (κ3) is 3.11. The van der Waals surface area contributed by atoms with Gasteiger partial charge in [-0.2, -0.15) is 0 Å². The van der Waals surface area contributed by atoms with Crippen molar-refractivity contribution in [2.75, 3.05) is 18.0 Å². The van der Waals surface area contributed by atoms with E-state index in [0.29, 0.717) is 11.3 Å². The zero-order valence-corrected chi connectivity index (χ0v) is 16.7. The van der Waals surface area contributed by atoms with E-state index in [1.807, 2.05) is 19.9 Å². The molecule has 3 heterocycles. The van der Waals surface area contributed by atoms with Crippen LogP contribution in [-0.2, 0) is 12.8 Å². The van der Waals surface area contributed by atoms with Gasteiger partial charge in [-0.1, -0.05) is 6.07 Å². The van der Waals surface area contributed by atoms with E-state index in [9.17, 15) is 9.59 Å². The summed E-state index contributed by atoms with van der Waals surface area (Å²) in [5.74, 6) is -0.248. The van der Waals surface area contributed by atoms with Gasteiger partial charge < -0.3 is 14.1 Å². The first kappa shape index (κ1) is 18.0. The highest BCUT2D eigenvalue weighted by Crippen LogP contribution is 2.39. The smallest absolute Gasteiger partial charge is 0.351 e. The first-order valence-electron chi connectivity index (χ1n) is 10.2. The van der Waals surface area contributed by atoms with E-state index in [4.69, 9.17) is 9.15 Å². The van der Waals surface area contributed by atoms with Gasteiger partial charge in [0.1, 0.15) is 16.9 Å². The van der Waals surface area contributed by atoms with Crippen molar-refractivity contribution in [3.63, 3.8) is 0 Å². The minimum atomic E-state index is -0.682. The Bertz CT molecular complexity index is 1190. The van der Waals surface area contributed by atoms with Gasteiger partial charge in [-0.05, 0) is 80.5 Å². The van der Waals surface area contributed by atoms with Crippen LogP contribution in [0.3, 0.4) is 0 Å². The molecule has 0 radical (unpaired) electrons. The van der Waals surface area contributed by atoms with Crippen LogP contribution in [0.5, 0.6) is 5.75 Å². The SMILES string of the molecule is Cc1cc(C)cc(OC(=O)c2cc3cc4c5c(c3oc2=O)CCCN5CCC4)c1. The van der Waals surface area contributed by atoms with Crippen LogP contribution in [0.1, 0.15) is 45.5 Å². The third-order valence-electron chi connectivity index (χ3n) is 5.84. The van der Waals surface area contributed by atoms with Gasteiger partial charge in [-0.3, -0.25) is 0 Å². The Balaban J connectivity index is 1.59. The molecule has 0 amide bonds. The van der Waals surface area contributed by atoms with Gasteiger partial charge >= 0.3 is 11.6 Å². The maximum absolute atomic E-state index is 12.7. The molecule has 0 unspecified atom stereocenters. The average Bonchev–Trinajstić information content (AvgIpc) is 2.67. The van der Waals surface area contributed by atoms with Crippen LogP contribution in [0, 0.1) is 13.8 Å². The standard InChI is InChI=1S/C24H23NO4/c1-14-9-15(2)11-18(10-14)28-23(26)20-13-17-12-16-5-3-7-25-8-4-6-19(21(16)25)22(17)29-24(20)27/h9-13H,3-8H2,1-2H3. The zero-order chi connectivity index (χ0) is 20.1. The van der Waals surface area contributed by atoms with Crippen molar-refractivity contribution < 1.29 is 13.9 Å². The lowest BCUT2D eigenvalue weighted by atomic mass is 9.90. The van der Waals surface area contributed by atoms with Crippen LogP contribution >= 0.6 is 0 Å². The fourth-order valence-electron chi connectivity index (χ4n) is 4.74. The number of aryl methyl sites for hydroxylation is 4. The number of esters is 1.